The third-order valence-corrected chi connectivity index (χ3v) is 1.61. The lowest BCUT2D eigenvalue weighted by Crippen LogP contribution is -2.26. The van der Waals surface area contributed by atoms with Crippen LogP contribution in [0.15, 0.2) is 0 Å². The molecule has 3 nitrogen and oxygen atoms in total. The molecule has 0 aromatic heterocycles. The highest BCUT2D eigenvalue weighted by molar-refractivity contribution is 9.06. The van der Waals surface area contributed by atoms with E-state index in [4.69, 9.17) is 0 Å². The normalized spacial score (nSPS) is 10.9. The van der Waals surface area contributed by atoms with Crippen LogP contribution in [-0.2, 0) is 13.4 Å². The van der Waals surface area contributed by atoms with Crippen molar-refractivity contribution in [2.24, 2.45) is 5.41 Å². The molecule has 4 heteroatoms. The summed E-state index contributed by atoms with van der Waals surface area (Å²) in [5.41, 5.74) is -0.727. The molecule has 0 amide bonds. The first-order chi connectivity index (χ1) is 4.90. The zero-order valence-corrected chi connectivity index (χ0v) is 8.40. The summed E-state index contributed by atoms with van der Waals surface area (Å²) >= 11 is 2.58. The molecular formula is C7H11BrO3. The Hall–Kier alpha value is -0.380. The minimum atomic E-state index is -0.727. The minimum absolute atomic E-state index is 0.0205. The van der Waals surface area contributed by atoms with Crippen LogP contribution in [0.1, 0.15) is 27.2 Å². The average Bonchev–Trinajstić information content (AvgIpc) is 1.83. The fraction of sp³-hybridized carbons (Fsp3) is 0.714. The molecule has 0 aliphatic heterocycles. The van der Waals surface area contributed by atoms with E-state index in [2.05, 4.69) is 20.1 Å². The van der Waals surface area contributed by atoms with Gasteiger partial charge in [-0.3, -0.25) is 9.59 Å². The molecule has 0 heterocycles. The largest absolute Gasteiger partial charge is 0.383 e. The first-order valence-corrected chi connectivity index (χ1v) is 3.87. The Balaban J connectivity index is 4.21. The molecule has 0 fully saturated rings. The minimum Gasteiger partial charge on any atom is -0.383 e. The van der Waals surface area contributed by atoms with Crippen molar-refractivity contribution in [1.29, 1.82) is 0 Å². The molecule has 0 rings (SSSR count). The van der Waals surface area contributed by atoms with Crippen LogP contribution in [-0.4, -0.2) is 11.8 Å². The van der Waals surface area contributed by atoms with E-state index < -0.39 is 11.4 Å². The Labute approximate surface area is 74.6 Å². The van der Waals surface area contributed by atoms with Gasteiger partial charge in [0.1, 0.15) is 5.78 Å². The van der Waals surface area contributed by atoms with Gasteiger partial charge in [-0.2, -0.15) is 0 Å². The van der Waals surface area contributed by atoms with Crippen LogP contribution in [0.2, 0.25) is 0 Å². The Morgan fingerprint density at radius 2 is 1.91 bits per heavy atom. The van der Waals surface area contributed by atoms with E-state index in [1.54, 1.807) is 13.8 Å². The van der Waals surface area contributed by atoms with E-state index >= 15 is 0 Å². The lowest BCUT2D eigenvalue weighted by molar-refractivity contribution is -0.144. The lowest BCUT2D eigenvalue weighted by Gasteiger charge is -2.17. The van der Waals surface area contributed by atoms with Crippen molar-refractivity contribution in [1.82, 2.24) is 0 Å². The summed E-state index contributed by atoms with van der Waals surface area (Å²) in [5.74, 6) is -0.444. The summed E-state index contributed by atoms with van der Waals surface area (Å²) in [6, 6.07) is 0. The molecule has 0 aliphatic rings. The Bertz CT molecular complexity index is 175. The van der Waals surface area contributed by atoms with Gasteiger partial charge in [0, 0.05) is 6.42 Å². The molecule has 0 N–H and O–H groups in total. The van der Waals surface area contributed by atoms with Crippen molar-refractivity contribution in [3.05, 3.63) is 0 Å². The Morgan fingerprint density at radius 3 is 2.18 bits per heavy atom. The monoisotopic (exact) mass is 222 g/mol. The number of carbonyl (C=O) groups is 2. The van der Waals surface area contributed by atoms with Gasteiger partial charge in [-0.1, -0.05) is 0 Å². The van der Waals surface area contributed by atoms with Crippen LogP contribution >= 0.6 is 16.3 Å². The molecule has 0 aliphatic carbocycles. The highest BCUT2D eigenvalue weighted by Crippen LogP contribution is 2.23. The molecule has 0 saturated heterocycles. The van der Waals surface area contributed by atoms with Crippen molar-refractivity contribution >= 4 is 28.0 Å². The Kier molecular flexibility index (Phi) is 3.72. The topological polar surface area (TPSA) is 43.4 Å². The van der Waals surface area contributed by atoms with Gasteiger partial charge >= 0.3 is 5.97 Å². The number of hydrogen-bond donors (Lipinski definition) is 0. The third-order valence-electron chi connectivity index (χ3n) is 1.31. The Morgan fingerprint density at radius 1 is 1.45 bits per heavy atom. The van der Waals surface area contributed by atoms with Crippen molar-refractivity contribution in [3.63, 3.8) is 0 Å². The van der Waals surface area contributed by atoms with Crippen molar-refractivity contribution in [2.45, 2.75) is 27.2 Å². The predicted octanol–water partition coefficient (Wildman–Crippen LogP) is 1.84. The smallest absolute Gasteiger partial charge is 0.323 e. The first kappa shape index (κ1) is 10.6. The number of ketones is 1. The van der Waals surface area contributed by atoms with Gasteiger partial charge in [0.05, 0.1) is 5.41 Å². The number of hydrogen-bond acceptors (Lipinski definition) is 3. The maximum atomic E-state index is 10.9. The molecule has 0 aromatic carbocycles. The standard InChI is InChI=1S/C7H11BrO3/c1-5(9)4-7(2,3)6(10)11-8/h4H2,1-3H3. The molecule has 0 aromatic rings. The van der Waals surface area contributed by atoms with Crippen molar-refractivity contribution < 1.29 is 13.4 Å². The van der Waals surface area contributed by atoms with E-state index in [0.717, 1.165) is 0 Å². The zero-order valence-electron chi connectivity index (χ0n) is 6.81. The summed E-state index contributed by atoms with van der Waals surface area (Å²) in [7, 11) is 0. The van der Waals surface area contributed by atoms with Crippen LogP contribution in [0.5, 0.6) is 0 Å². The number of halogens is 1. The van der Waals surface area contributed by atoms with E-state index in [1.807, 2.05) is 0 Å². The molecule has 0 bridgehead atoms. The molecular weight excluding hydrogens is 212 g/mol. The highest BCUT2D eigenvalue weighted by atomic mass is 79.9. The van der Waals surface area contributed by atoms with Crippen LogP contribution < -0.4 is 0 Å². The second-order valence-corrected chi connectivity index (χ2v) is 3.45. The maximum absolute atomic E-state index is 10.9. The zero-order chi connectivity index (χ0) is 9.07. The van der Waals surface area contributed by atoms with Gasteiger partial charge in [0.15, 0.2) is 16.3 Å². The van der Waals surface area contributed by atoms with E-state index in [-0.39, 0.29) is 12.2 Å². The van der Waals surface area contributed by atoms with Crippen LogP contribution in [0.4, 0.5) is 0 Å². The SMILES string of the molecule is CC(=O)CC(C)(C)C(=O)OBr. The molecule has 64 valence electrons. The highest BCUT2D eigenvalue weighted by Gasteiger charge is 2.30. The van der Waals surface area contributed by atoms with E-state index in [9.17, 15) is 9.59 Å². The number of rotatable bonds is 3. The summed E-state index contributed by atoms with van der Waals surface area (Å²) < 4.78 is 4.34. The molecule has 0 unspecified atom stereocenters. The van der Waals surface area contributed by atoms with Crippen LogP contribution in [0.25, 0.3) is 0 Å². The van der Waals surface area contributed by atoms with Gasteiger partial charge in [-0.25, -0.2) is 0 Å². The second-order valence-electron chi connectivity index (χ2n) is 3.13. The van der Waals surface area contributed by atoms with E-state index in [1.165, 1.54) is 6.92 Å². The van der Waals surface area contributed by atoms with Crippen LogP contribution in [0.3, 0.4) is 0 Å². The summed E-state index contributed by atoms with van der Waals surface area (Å²) in [6.45, 7) is 4.78. The third kappa shape index (κ3) is 3.51. The van der Waals surface area contributed by atoms with Crippen LogP contribution in [0, 0.1) is 5.41 Å². The quantitative estimate of drug-likeness (QED) is 0.733. The van der Waals surface area contributed by atoms with Gasteiger partial charge < -0.3 is 3.83 Å². The fourth-order valence-electron chi connectivity index (χ4n) is 0.799. The van der Waals surface area contributed by atoms with Gasteiger partial charge in [0.2, 0.25) is 0 Å². The molecule has 0 atom stereocenters. The summed E-state index contributed by atoms with van der Waals surface area (Å²) in [6.07, 6.45) is 0.206. The molecule has 11 heavy (non-hydrogen) atoms. The van der Waals surface area contributed by atoms with E-state index in [0.29, 0.717) is 0 Å². The van der Waals surface area contributed by atoms with Crippen molar-refractivity contribution in [2.75, 3.05) is 0 Å². The maximum Gasteiger partial charge on any atom is 0.323 e. The molecule has 0 spiro atoms. The number of Topliss-reactive ketones (excluding diaryl/α,β-unsaturated/α-hetero) is 1. The van der Waals surface area contributed by atoms with Gasteiger partial charge in [-0.15, -0.1) is 0 Å². The molecule has 0 saturated carbocycles. The first-order valence-electron chi connectivity index (χ1n) is 3.22. The summed E-state index contributed by atoms with van der Waals surface area (Å²) in [4.78, 5) is 21.6. The molecule has 0 radical (unpaired) electrons. The summed E-state index contributed by atoms with van der Waals surface area (Å²) in [5, 5.41) is 0. The van der Waals surface area contributed by atoms with Crippen molar-refractivity contribution in [3.8, 4) is 0 Å². The fourth-order valence-corrected chi connectivity index (χ4v) is 1.24. The van der Waals surface area contributed by atoms with Gasteiger partial charge in [0.25, 0.3) is 0 Å². The predicted molar refractivity (Wildman–Crippen MR) is 44.1 cm³/mol. The lowest BCUT2D eigenvalue weighted by atomic mass is 9.88. The average molecular weight is 223 g/mol. The number of carbonyl (C=O) groups excluding carboxylic acids is 2. The van der Waals surface area contributed by atoms with Gasteiger partial charge in [-0.05, 0) is 20.8 Å². The second kappa shape index (κ2) is 3.85.